The topological polar surface area (TPSA) is 30.5 Å². The van der Waals surface area contributed by atoms with E-state index in [1.54, 1.807) is 7.11 Å². The second kappa shape index (κ2) is 5.93. The van der Waals surface area contributed by atoms with Crippen LogP contribution in [0.5, 0.6) is 5.75 Å². The van der Waals surface area contributed by atoms with Gasteiger partial charge in [0.2, 0.25) is 0 Å². The molecule has 1 aliphatic heterocycles. The predicted molar refractivity (Wildman–Crippen MR) is 77.5 cm³/mol. The van der Waals surface area contributed by atoms with Crippen molar-refractivity contribution in [2.24, 2.45) is 5.41 Å². The van der Waals surface area contributed by atoms with E-state index in [-0.39, 0.29) is 6.10 Å². The van der Waals surface area contributed by atoms with Gasteiger partial charge in [0.25, 0.3) is 0 Å². The van der Waals surface area contributed by atoms with Gasteiger partial charge < -0.3 is 14.8 Å². The zero-order valence-corrected chi connectivity index (χ0v) is 12.4. The Morgan fingerprint density at radius 2 is 1.89 bits per heavy atom. The van der Waals surface area contributed by atoms with Crippen LogP contribution in [0.25, 0.3) is 0 Å². The van der Waals surface area contributed by atoms with Crippen LogP contribution in [-0.2, 0) is 4.74 Å². The molecule has 3 heteroatoms. The molecule has 0 spiro atoms. The first-order chi connectivity index (χ1) is 8.98. The lowest BCUT2D eigenvalue weighted by Crippen LogP contribution is -2.42. The minimum Gasteiger partial charge on any atom is -0.497 e. The summed E-state index contributed by atoms with van der Waals surface area (Å²) in [7, 11) is 1.69. The Kier molecular flexibility index (Phi) is 4.48. The van der Waals surface area contributed by atoms with Crippen molar-refractivity contribution in [2.75, 3.05) is 20.2 Å². The molecule has 0 bridgehead atoms. The van der Waals surface area contributed by atoms with Crippen molar-refractivity contribution in [3.63, 3.8) is 0 Å². The van der Waals surface area contributed by atoms with E-state index >= 15 is 0 Å². The van der Waals surface area contributed by atoms with E-state index in [4.69, 9.17) is 9.47 Å². The fraction of sp³-hybridized carbons (Fsp3) is 0.625. The van der Waals surface area contributed by atoms with E-state index in [0.717, 1.165) is 25.3 Å². The van der Waals surface area contributed by atoms with Gasteiger partial charge in [-0.1, -0.05) is 32.9 Å². The molecule has 1 aliphatic rings. The maximum Gasteiger partial charge on any atom is 0.118 e. The van der Waals surface area contributed by atoms with Gasteiger partial charge in [0, 0.05) is 13.1 Å². The first-order valence-corrected chi connectivity index (χ1v) is 6.98. The summed E-state index contributed by atoms with van der Waals surface area (Å²) < 4.78 is 11.4. The highest BCUT2D eigenvalue weighted by atomic mass is 16.5. The molecule has 106 valence electrons. The largest absolute Gasteiger partial charge is 0.497 e. The van der Waals surface area contributed by atoms with Gasteiger partial charge in [-0.05, 0) is 29.5 Å². The van der Waals surface area contributed by atoms with E-state index < -0.39 is 0 Å². The molecule has 1 N–H and O–H groups in total. The third-order valence-electron chi connectivity index (χ3n) is 3.39. The molecular formula is C16H25NO2. The lowest BCUT2D eigenvalue weighted by molar-refractivity contribution is -0.0552. The van der Waals surface area contributed by atoms with Gasteiger partial charge in [0.05, 0.1) is 19.3 Å². The number of ether oxygens (including phenoxy) is 2. The molecular weight excluding hydrogens is 238 g/mol. The van der Waals surface area contributed by atoms with Crippen LogP contribution >= 0.6 is 0 Å². The van der Waals surface area contributed by atoms with Crippen molar-refractivity contribution < 1.29 is 9.47 Å². The predicted octanol–water partition coefficient (Wildman–Crippen LogP) is 3.16. The van der Waals surface area contributed by atoms with Gasteiger partial charge in [-0.2, -0.15) is 0 Å². The van der Waals surface area contributed by atoms with Crippen LogP contribution in [0.4, 0.5) is 0 Å². The van der Waals surface area contributed by atoms with Crippen molar-refractivity contribution in [1.82, 2.24) is 5.32 Å². The molecule has 0 amide bonds. The van der Waals surface area contributed by atoms with Crippen LogP contribution in [0.1, 0.15) is 38.9 Å². The zero-order valence-electron chi connectivity index (χ0n) is 12.4. The maximum atomic E-state index is 6.22. The summed E-state index contributed by atoms with van der Waals surface area (Å²) in [4.78, 5) is 0. The molecule has 3 nitrogen and oxygen atoms in total. The van der Waals surface area contributed by atoms with Gasteiger partial charge in [0.1, 0.15) is 5.75 Å². The first-order valence-electron chi connectivity index (χ1n) is 6.98. The lowest BCUT2D eigenvalue weighted by atomic mass is 9.88. The molecule has 1 heterocycles. The van der Waals surface area contributed by atoms with E-state index in [2.05, 4.69) is 38.2 Å². The third-order valence-corrected chi connectivity index (χ3v) is 3.39. The number of nitrogens with one attached hydrogen (secondary N) is 1. The Morgan fingerprint density at radius 1 is 1.21 bits per heavy atom. The Balaban J connectivity index is 2.00. The van der Waals surface area contributed by atoms with Gasteiger partial charge in [0.15, 0.2) is 0 Å². The fourth-order valence-electron chi connectivity index (χ4n) is 2.52. The SMILES string of the molecule is COc1ccc(C2CNCC(CC(C)(C)C)O2)cc1. The fourth-order valence-corrected chi connectivity index (χ4v) is 2.52. The number of hydrogen-bond acceptors (Lipinski definition) is 3. The van der Waals surface area contributed by atoms with Crippen molar-refractivity contribution >= 4 is 0 Å². The second-order valence-corrected chi connectivity index (χ2v) is 6.44. The van der Waals surface area contributed by atoms with E-state index in [1.165, 1.54) is 5.56 Å². The van der Waals surface area contributed by atoms with Crippen molar-refractivity contribution in [1.29, 1.82) is 0 Å². The van der Waals surface area contributed by atoms with Crippen LogP contribution in [0.2, 0.25) is 0 Å². The molecule has 1 fully saturated rings. The molecule has 0 aliphatic carbocycles. The monoisotopic (exact) mass is 263 g/mol. The summed E-state index contributed by atoms with van der Waals surface area (Å²) in [5.41, 5.74) is 1.51. The molecule has 2 unspecified atom stereocenters. The number of rotatable bonds is 3. The number of benzene rings is 1. The van der Waals surface area contributed by atoms with Crippen LogP contribution in [0.15, 0.2) is 24.3 Å². The highest BCUT2D eigenvalue weighted by molar-refractivity contribution is 5.28. The highest BCUT2D eigenvalue weighted by Gasteiger charge is 2.26. The van der Waals surface area contributed by atoms with Crippen molar-refractivity contribution in [2.45, 2.75) is 39.4 Å². The van der Waals surface area contributed by atoms with Crippen molar-refractivity contribution in [3.8, 4) is 5.75 Å². The number of methoxy groups -OCH3 is 1. The molecule has 1 aromatic rings. The van der Waals surface area contributed by atoms with Crippen LogP contribution in [0.3, 0.4) is 0 Å². The molecule has 0 aromatic heterocycles. The number of hydrogen-bond donors (Lipinski definition) is 1. The summed E-state index contributed by atoms with van der Waals surface area (Å²) in [5.74, 6) is 0.888. The van der Waals surface area contributed by atoms with Crippen LogP contribution in [-0.4, -0.2) is 26.3 Å². The number of morpholine rings is 1. The Hall–Kier alpha value is -1.06. The lowest BCUT2D eigenvalue weighted by Gasteiger charge is -2.34. The second-order valence-electron chi connectivity index (χ2n) is 6.44. The molecule has 0 saturated carbocycles. The Morgan fingerprint density at radius 3 is 2.47 bits per heavy atom. The summed E-state index contributed by atoms with van der Waals surface area (Å²) >= 11 is 0. The third kappa shape index (κ3) is 4.22. The molecule has 2 atom stereocenters. The maximum absolute atomic E-state index is 6.22. The van der Waals surface area contributed by atoms with E-state index in [1.807, 2.05) is 12.1 Å². The molecule has 1 saturated heterocycles. The minimum atomic E-state index is 0.145. The average Bonchev–Trinajstić information content (AvgIpc) is 2.37. The molecule has 1 aromatic carbocycles. The van der Waals surface area contributed by atoms with Crippen molar-refractivity contribution in [3.05, 3.63) is 29.8 Å². The normalized spacial score (nSPS) is 24.2. The van der Waals surface area contributed by atoms with E-state index in [0.29, 0.717) is 11.5 Å². The van der Waals surface area contributed by atoms with Gasteiger partial charge in [-0.15, -0.1) is 0 Å². The van der Waals surface area contributed by atoms with Crippen LogP contribution < -0.4 is 10.1 Å². The molecule has 2 rings (SSSR count). The highest BCUT2D eigenvalue weighted by Crippen LogP contribution is 2.29. The summed E-state index contributed by atoms with van der Waals surface area (Å²) in [6, 6.07) is 8.16. The first kappa shape index (κ1) is 14.4. The van der Waals surface area contributed by atoms with Crippen LogP contribution in [0, 0.1) is 5.41 Å². The van der Waals surface area contributed by atoms with Gasteiger partial charge >= 0.3 is 0 Å². The zero-order chi connectivity index (χ0) is 13.9. The van der Waals surface area contributed by atoms with Gasteiger partial charge in [-0.25, -0.2) is 0 Å². The average molecular weight is 263 g/mol. The standard InChI is InChI=1S/C16H25NO2/c1-16(2,3)9-14-10-17-11-15(19-14)12-5-7-13(18-4)8-6-12/h5-8,14-15,17H,9-11H2,1-4H3. The summed E-state index contributed by atoms with van der Waals surface area (Å²) in [6.07, 6.45) is 1.51. The summed E-state index contributed by atoms with van der Waals surface area (Å²) in [5, 5.41) is 3.48. The minimum absolute atomic E-state index is 0.145. The molecule has 0 radical (unpaired) electrons. The van der Waals surface area contributed by atoms with E-state index in [9.17, 15) is 0 Å². The Labute approximate surface area is 116 Å². The molecule has 19 heavy (non-hydrogen) atoms. The van der Waals surface area contributed by atoms with Gasteiger partial charge in [-0.3, -0.25) is 0 Å². The smallest absolute Gasteiger partial charge is 0.118 e. The Bertz CT molecular complexity index is 394. The quantitative estimate of drug-likeness (QED) is 0.908. The summed E-state index contributed by atoms with van der Waals surface area (Å²) in [6.45, 7) is 8.60.